The first kappa shape index (κ1) is 15.1. The summed E-state index contributed by atoms with van der Waals surface area (Å²) in [4.78, 5) is 22.7. The Kier molecular flexibility index (Phi) is 5.99. The fourth-order valence-corrected chi connectivity index (χ4v) is 1.61. The number of Topliss-reactive ketones (excluding diaryl/α,β-unsaturated/α-hetero) is 1. The van der Waals surface area contributed by atoms with Crippen LogP contribution in [0.3, 0.4) is 0 Å². The second kappa shape index (κ2) is 7.51. The van der Waals surface area contributed by atoms with Crippen molar-refractivity contribution in [3.63, 3.8) is 0 Å². The Morgan fingerprint density at radius 2 is 2.00 bits per heavy atom. The summed E-state index contributed by atoms with van der Waals surface area (Å²) in [5.74, 6) is -0.879. The predicted molar refractivity (Wildman–Crippen MR) is 67.5 cm³/mol. The lowest BCUT2D eigenvalue weighted by Crippen LogP contribution is -2.09. The monoisotopic (exact) mass is 268 g/mol. The van der Waals surface area contributed by atoms with E-state index in [0.29, 0.717) is 12.2 Å². The SMILES string of the molecule is CCOC(=O)CCC(=O)Cc1ccc(OC)c(F)c1. The smallest absolute Gasteiger partial charge is 0.306 e. The highest BCUT2D eigenvalue weighted by molar-refractivity contribution is 5.84. The van der Waals surface area contributed by atoms with Gasteiger partial charge in [-0.2, -0.15) is 0 Å². The molecule has 0 spiro atoms. The molecule has 1 aromatic rings. The number of esters is 1. The number of methoxy groups -OCH3 is 1. The summed E-state index contributed by atoms with van der Waals surface area (Å²) >= 11 is 0. The van der Waals surface area contributed by atoms with E-state index in [0.717, 1.165) is 0 Å². The zero-order valence-corrected chi connectivity index (χ0v) is 11.1. The molecule has 0 N–H and O–H groups in total. The molecule has 0 bridgehead atoms. The van der Waals surface area contributed by atoms with E-state index in [9.17, 15) is 14.0 Å². The molecule has 4 nitrogen and oxygen atoms in total. The van der Waals surface area contributed by atoms with E-state index in [1.165, 1.54) is 19.2 Å². The van der Waals surface area contributed by atoms with Crippen molar-refractivity contribution in [3.05, 3.63) is 29.6 Å². The molecule has 0 saturated heterocycles. The normalized spacial score (nSPS) is 10.1. The number of halogens is 1. The van der Waals surface area contributed by atoms with E-state index in [1.54, 1.807) is 13.0 Å². The highest BCUT2D eigenvalue weighted by atomic mass is 19.1. The first-order chi connectivity index (χ1) is 9.06. The Hall–Kier alpha value is -1.91. The molecule has 0 unspecified atom stereocenters. The topological polar surface area (TPSA) is 52.6 Å². The Labute approximate surface area is 111 Å². The van der Waals surface area contributed by atoms with Crippen molar-refractivity contribution in [2.75, 3.05) is 13.7 Å². The molecule has 0 heterocycles. The lowest BCUT2D eigenvalue weighted by molar-refractivity contribution is -0.144. The van der Waals surface area contributed by atoms with Gasteiger partial charge in [0.25, 0.3) is 0 Å². The van der Waals surface area contributed by atoms with Crippen molar-refractivity contribution < 1.29 is 23.5 Å². The van der Waals surface area contributed by atoms with Crippen LogP contribution in [0.4, 0.5) is 4.39 Å². The van der Waals surface area contributed by atoms with Crippen molar-refractivity contribution in [1.82, 2.24) is 0 Å². The lowest BCUT2D eigenvalue weighted by Gasteiger charge is -2.05. The van der Waals surface area contributed by atoms with Crippen LogP contribution >= 0.6 is 0 Å². The highest BCUT2D eigenvalue weighted by Crippen LogP contribution is 2.18. The van der Waals surface area contributed by atoms with E-state index in [-0.39, 0.29) is 30.8 Å². The summed E-state index contributed by atoms with van der Waals surface area (Å²) in [6.07, 6.45) is 0.262. The molecule has 0 aliphatic rings. The molecule has 0 radical (unpaired) electrons. The van der Waals surface area contributed by atoms with Gasteiger partial charge in [0.05, 0.1) is 20.1 Å². The fraction of sp³-hybridized carbons (Fsp3) is 0.429. The van der Waals surface area contributed by atoms with E-state index in [4.69, 9.17) is 9.47 Å². The molecule has 0 saturated carbocycles. The number of hydrogen-bond acceptors (Lipinski definition) is 4. The van der Waals surface area contributed by atoms with Crippen LogP contribution < -0.4 is 4.74 Å². The third-order valence-electron chi connectivity index (χ3n) is 2.53. The number of ketones is 1. The summed E-state index contributed by atoms with van der Waals surface area (Å²) < 4.78 is 22.9. The Morgan fingerprint density at radius 1 is 1.26 bits per heavy atom. The average Bonchev–Trinajstić information content (AvgIpc) is 2.37. The van der Waals surface area contributed by atoms with Crippen LogP contribution in [-0.2, 0) is 20.7 Å². The van der Waals surface area contributed by atoms with Crippen LogP contribution in [0.2, 0.25) is 0 Å². The maximum atomic E-state index is 13.4. The van der Waals surface area contributed by atoms with E-state index in [2.05, 4.69) is 0 Å². The highest BCUT2D eigenvalue weighted by Gasteiger charge is 2.10. The van der Waals surface area contributed by atoms with Crippen molar-refractivity contribution in [2.24, 2.45) is 0 Å². The van der Waals surface area contributed by atoms with Crippen LogP contribution in [0.15, 0.2) is 18.2 Å². The second-order valence-corrected chi connectivity index (χ2v) is 3.99. The summed E-state index contributed by atoms with van der Waals surface area (Å²) in [7, 11) is 1.38. The van der Waals surface area contributed by atoms with Gasteiger partial charge in [-0.15, -0.1) is 0 Å². The van der Waals surface area contributed by atoms with Gasteiger partial charge in [0.2, 0.25) is 0 Å². The summed E-state index contributed by atoms with van der Waals surface area (Å²) in [5.41, 5.74) is 0.562. The number of ether oxygens (including phenoxy) is 2. The average molecular weight is 268 g/mol. The van der Waals surface area contributed by atoms with Crippen LogP contribution in [-0.4, -0.2) is 25.5 Å². The largest absolute Gasteiger partial charge is 0.494 e. The van der Waals surface area contributed by atoms with Gasteiger partial charge in [0, 0.05) is 12.8 Å². The molecule has 0 aliphatic carbocycles. The van der Waals surface area contributed by atoms with Gasteiger partial charge < -0.3 is 9.47 Å². The van der Waals surface area contributed by atoms with E-state index >= 15 is 0 Å². The summed E-state index contributed by atoms with van der Waals surface area (Å²) in [6.45, 7) is 2.01. The molecule has 104 valence electrons. The second-order valence-electron chi connectivity index (χ2n) is 3.99. The number of rotatable bonds is 7. The van der Waals surface area contributed by atoms with Gasteiger partial charge >= 0.3 is 5.97 Å². The number of benzene rings is 1. The summed E-state index contributed by atoms with van der Waals surface area (Å²) in [6, 6.07) is 4.37. The molecule has 0 fully saturated rings. The minimum Gasteiger partial charge on any atom is -0.494 e. The molecule has 0 aliphatic heterocycles. The zero-order chi connectivity index (χ0) is 14.3. The molecule has 0 aromatic heterocycles. The first-order valence-corrected chi connectivity index (χ1v) is 6.06. The lowest BCUT2D eigenvalue weighted by atomic mass is 10.1. The van der Waals surface area contributed by atoms with Gasteiger partial charge in [0.15, 0.2) is 11.6 Å². The van der Waals surface area contributed by atoms with Crippen LogP contribution in [0, 0.1) is 5.82 Å². The number of carbonyl (C=O) groups is 2. The zero-order valence-electron chi connectivity index (χ0n) is 11.1. The standard InChI is InChI=1S/C14H17FO4/c1-3-19-14(17)7-5-11(16)8-10-4-6-13(18-2)12(15)9-10/h4,6,9H,3,5,7-8H2,1-2H3. The number of hydrogen-bond donors (Lipinski definition) is 0. The molecule has 1 aromatic carbocycles. The van der Waals surface area contributed by atoms with Crippen LogP contribution in [0.25, 0.3) is 0 Å². The third-order valence-corrected chi connectivity index (χ3v) is 2.53. The van der Waals surface area contributed by atoms with E-state index < -0.39 is 11.8 Å². The van der Waals surface area contributed by atoms with E-state index in [1.807, 2.05) is 0 Å². The van der Waals surface area contributed by atoms with Gasteiger partial charge in [-0.25, -0.2) is 4.39 Å². The van der Waals surface area contributed by atoms with Crippen LogP contribution in [0.1, 0.15) is 25.3 Å². The molecular weight excluding hydrogens is 251 g/mol. The Morgan fingerprint density at radius 3 is 2.58 bits per heavy atom. The first-order valence-electron chi connectivity index (χ1n) is 6.06. The molecule has 5 heteroatoms. The third kappa shape index (κ3) is 5.07. The Balaban J connectivity index is 2.48. The van der Waals surface area contributed by atoms with Gasteiger partial charge in [-0.1, -0.05) is 6.07 Å². The van der Waals surface area contributed by atoms with Crippen molar-refractivity contribution in [2.45, 2.75) is 26.2 Å². The molecule has 1 rings (SSSR count). The van der Waals surface area contributed by atoms with Gasteiger partial charge in [-0.05, 0) is 24.6 Å². The van der Waals surface area contributed by atoms with Gasteiger partial charge in [0.1, 0.15) is 5.78 Å². The van der Waals surface area contributed by atoms with Crippen molar-refractivity contribution in [3.8, 4) is 5.75 Å². The van der Waals surface area contributed by atoms with Crippen LogP contribution in [0.5, 0.6) is 5.75 Å². The van der Waals surface area contributed by atoms with Crippen molar-refractivity contribution >= 4 is 11.8 Å². The molecular formula is C14H17FO4. The quantitative estimate of drug-likeness (QED) is 0.712. The minimum absolute atomic E-state index is 0.0608. The minimum atomic E-state index is -0.502. The Bertz CT molecular complexity index is 457. The number of carbonyl (C=O) groups excluding carboxylic acids is 2. The fourth-order valence-electron chi connectivity index (χ4n) is 1.61. The molecule has 0 atom stereocenters. The van der Waals surface area contributed by atoms with Crippen molar-refractivity contribution in [1.29, 1.82) is 0 Å². The molecule has 0 amide bonds. The predicted octanol–water partition coefficient (Wildman–Crippen LogP) is 2.29. The van der Waals surface area contributed by atoms with Gasteiger partial charge in [-0.3, -0.25) is 9.59 Å². The maximum Gasteiger partial charge on any atom is 0.306 e. The summed E-state index contributed by atoms with van der Waals surface area (Å²) in [5, 5.41) is 0. The maximum absolute atomic E-state index is 13.4. The molecule has 19 heavy (non-hydrogen) atoms.